The molecule has 2 aromatic rings. The fourth-order valence-corrected chi connectivity index (χ4v) is 3.65. The zero-order chi connectivity index (χ0) is 17.7. The third-order valence-electron chi connectivity index (χ3n) is 3.34. The lowest BCUT2D eigenvalue weighted by molar-refractivity contribution is -0.117. The molecule has 0 radical (unpaired) electrons. The van der Waals surface area contributed by atoms with Crippen LogP contribution in [0.1, 0.15) is 13.3 Å². The molecular formula is C16H18ClN3O3S. The molecular weight excluding hydrogens is 350 g/mol. The van der Waals surface area contributed by atoms with E-state index in [-0.39, 0.29) is 0 Å². The summed E-state index contributed by atoms with van der Waals surface area (Å²) in [6.45, 7) is 1.75. The molecule has 0 saturated heterocycles. The molecule has 1 aromatic heterocycles. The topological polar surface area (TPSA) is 79.4 Å². The summed E-state index contributed by atoms with van der Waals surface area (Å²) in [4.78, 5) is 16.5. The lowest BCUT2D eigenvalue weighted by Crippen LogP contribution is -2.47. The average Bonchev–Trinajstić information content (AvgIpc) is 2.53. The Morgan fingerprint density at radius 3 is 2.46 bits per heavy atom. The smallest absolute Gasteiger partial charge is 0.248 e. The van der Waals surface area contributed by atoms with E-state index in [1.54, 1.807) is 49.5 Å². The maximum absolute atomic E-state index is 12.6. The summed E-state index contributed by atoms with van der Waals surface area (Å²) < 4.78 is 25.7. The van der Waals surface area contributed by atoms with E-state index in [0.717, 1.165) is 10.6 Å². The summed E-state index contributed by atoms with van der Waals surface area (Å²) in [7, 11) is -3.67. The highest BCUT2D eigenvalue weighted by molar-refractivity contribution is 7.92. The molecule has 0 aliphatic carbocycles. The number of pyridine rings is 1. The van der Waals surface area contributed by atoms with Gasteiger partial charge < -0.3 is 5.32 Å². The second-order valence-electron chi connectivity index (χ2n) is 5.19. The van der Waals surface area contributed by atoms with E-state index in [0.29, 0.717) is 22.8 Å². The van der Waals surface area contributed by atoms with E-state index in [4.69, 9.17) is 11.6 Å². The van der Waals surface area contributed by atoms with Gasteiger partial charge >= 0.3 is 0 Å². The molecule has 8 heteroatoms. The van der Waals surface area contributed by atoms with Crippen molar-refractivity contribution in [2.45, 2.75) is 19.4 Å². The van der Waals surface area contributed by atoms with Gasteiger partial charge in [-0.25, -0.2) is 8.42 Å². The molecule has 0 fully saturated rings. The SMILES string of the molecule is CC[C@@H](C(=O)Nc1cccnc1)N(c1ccc(Cl)cc1)S(C)(=O)=O. The normalized spacial score (nSPS) is 12.5. The van der Waals surface area contributed by atoms with Crippen molar-refractivity contribution in [3.63, 3.8) is 0 Å². The number of nitrogens with one attached hydrogen (secondary N) is 1. The number of anilines is 2. The summed E-state index contributed by atoms with van der Waals surface area (Å²) in [6.07, 6.45) is 4.46. The van der Waals surface area contributed by atoms with Gasteiger partial charge in [0.15, 0.2) is 0 Å². The lowest BCUT2D eigenvalue weighted by Gasteiger charge is -2.30. The average molecular weight is 368 g/mol. The number of carbonyl (C=O) groups is 1. The number of amides is 1. The summed E-state index contributed by atoms with van der Waals surface area (Å²) in [5, 5.41) is 3.18. The lowest BCUT2D eigenvalue weighted by atomic mass is 10.2. The van der Waals surface area contributed by atoms with E-state index in [1.165, 1.54) is 6.20 Å². The molecule has 0 aliphatic rings. The molecule has 1 atom stereocenters. The van der Waals surface area contributed by atoms with Crippen molar-refractivity contribution in [3.05, 3.63) is 53.8 Å². The minimum Gasteiger partial charge on any atom is -0.323 e. The molecule has 1 N–H and O–H groups in total. The Labute approximate surface area is 146 Å². The van der Waals surface area contributed by atoms with Gasteiger partial charge in [0.05, 0.1) is 23.8 Å². The third kappa shape index (κ3) is 4.46. The highest BCUT2D eigenvalue weighted by Crippen LogP contribution is 2.25. The van der Waals surface area contributed by atoms with Crippen LogP contribution in [-0.4, -0.2) is 31.6 Å². The molecule has 1 heterocycles. The van der Waals surface area contributed by atoms with Crippen LogP contribution in [0, 0.1) is 0 Å². The van der Waals surface area contributed by atoms with Gasteiger partial charge in [-0.3, -0.25) is 14.1 Å². The van der Waals surface area contributed by atoms with Crippen molar-refractivity contribution >= 4 is 38.9 Å². The Morgan fingerprint density at radius 1 is 1.29 bits per heavy atom. The molecule has 1 aromatic carbocycles. The molecule has 0 bridgehead atoms. The van der Waals surface area contributed by atoms with Gasteiger partial charge in [-0.15, -0.1) is 0 Å². The summed E-state index contributed by atoms with van der Waals surface area (Å²) >= 11 is 5.86. The van der Waals surface area contributed by atoms with Gasteiger partial charge in [0.1, 0.15) is 6.04 Å². The second-order valence-corrected chi connectivity index (χ2v) is 7.49. The first kappa shape index (κ1) is 18.2. The maximum atomic E-state index is 12.6. The number of halogens is 1. The van der Waals surface area contributed by atoms with Gasteiger partial charge in [0.2, 0.25) is 15.9 Å². The van der Waals surface area contributed by atoms with Gasteiger partial charge in [-0.2, -0.15) is 0 Å². The van der Waals surface area contributed by atoms with Crippen molar-refractivity contribution in [3.8, 4) is 0 Å². The van der Waals surface area contributed by atoms with Crippen LogP contribution in [0.5, 0.6) is 0 Å². The Hall–Kier alpha value is -2.12. The fraction of sp³-hybridized carbons (Fsp3) is 0.250. The number of rotatable bonds is 6. The Bertz CT molecular complexity index is 795. The van der Waals surface area contributed by atoms with Crippen molar-refractivity contribution in [1.29, 1.82) is 0 Å². The summed E-state index contributed by atoms with van der Waals surface area (Å²) in [6, 6.07) is 8.80. The van der Waals surface area contributed by atoms with Crippen LogP contribution in [0.2, 0.25) is 5.02 Å². The van der Waals surface area contributed by atoms with E-state index in [2.05, 4.69) is 10.3 Å². The van der Waals surface area contributed by atoms with Crippen molar-refractivity contribution < 1.29 is 13.2 Å². The highest BCUT2D eigenvalue weighted by atomic mass is 35.5. The quantitative estimate of drug-likeness (QED) is 0.851. The molecule has 6 nitrogen and oxygen atoms in total. The Morgan fingerprint density at radius 2 is 1.96 bits per heavy atom. The number of sulfonamides is 1. The third-order valence-corrected chi connectivity index (χ3v) is 4.77. The highest BCUT2D eigenvalue weighted by Gasteiger charge is 2.31. The largest absolute Gasteiger partial charge is 0.323 e. The summed E-state index contributed by atoms with van der Waals surface area (Å²) in [5.74, 6) is -0.425. The van der Waals surface area contributed by atoms with E-state index < -0.39 is 22.0 Å². The Kier molecular flexibility index (Phi) is 5.80. The van der Waals surface area contributed by atoms with E-state index in [9.17, 15) is 13.2 Å². The molecule has 1 amide bonds. The Balaban J connectivity index is 2.35. The molecule has 2 rings (SSSR count). The number of aromatic nitrogens is 1. The first-order chi connectivity index (χ1) is 11.3. The predicted octanol–water partition coefficient (Wildman–Crippen LogP) is 2.92. The number of benzene rings is 1. The van der Waals surface area contributed by atoms with Crippen LogP contribution in [0.15, 0.2) is 48.8 Å². The standard InChI is InChI=1S/C16H18ClN3O3S/c1-3-15(16(21)19-13-5-4-10-18-11-13)20(24(2,22)23)14-8-6-12(17)7-9-14/h4-11,15H,3H2,1-2H3,(H,19,21)/t15-/m0/s1. The van der Waals surface area contributed by atoms with Crippen LogP contribution in [0.4, 0.5) is 11.4 Å². The second kappa shape index (κ2) is 7.63. The first-order valence-electron chi connectivity index (χ1n) is 7.28. The van der Waals surface area contributed by atoms with E-state index >= 15 is 0 Å². The zero-order valence-electron chi connectivity index (χ0n) is 13.3. The van der Waals surface area contributed by atoms with Crippen LogP contribution in [-0.2, 0) is 14.8 Å². The maximum Gasteiger partial charge on any atom is 0.248 e. The van der Waals surface area contributed by atoms with Gasteiger partial charge in [-0.1, -0.05) is 18.5 Å². The first-order valence-corrected chi connectivity index (χ1v) is 9.51. The van der Waals surface area contributed by atoms with Crippen molar-refractivity contribution in [2.75, 3.05) is 15.9 Å². The van der Waals surface area contributed by atoms with Crippen LogP contribution in [0.3, 0.4) is 0 Å². The molecule has 0 unspecified atom stereocenters. The molecule has 0 aliphatic heterocycles. The van der Waals surface area contributed by atoms with Gasteiger partial charge in [0, 0.05) is 11.2 Å². The molecule has 24 heavy (non-hydrogen) atoms. The van der Waals surface area contributed by atoms with E-state index in [1.807, 2.05) is 0 Å². The summed E-state index contributed by atoms with van der Waals surface area (Å²) in [5.41, 5.74) is 0.889. The number of hydrogen-bond donors (Lipinski definition) is 1. The molecule has 128 valence electrons. The van der Waals surface area contributed by atoms with Crippen molar-refractivity contribution in [1.82, 2.24) is 4.98 Å². The number of carbonyl (C=O) groups excluding carboxylic acids is 1. The zero-order valence-corrected chi connectivity index (χ0v) is 14.9. The fourth-order valence-electron chi connectivity index (χ4n) is 2.31. The minimum absolute atomic E-state index is 0.307. The van der Waals surface area contributed by atoms with Gasteiger partial charge in [0.25, 0.3) is 0 Å². The minimum atomic E-state index is -3.67. The number of hydrogen-bond acceptors (Lipinski definition) is 4. The van der Waals surface area contributed by atoms with Crippen molar-refractivity contribution in [2.24, 2.45) is 0 Å². The van der Waals surface area contributed by atoms with Crippen LogP contribution < -0.4 is 9.62 Å². The number of nitrogens with zero attached hydrogens (tertiary/aromatic N) is 2. The van der Waals surface area contributed by atoms with Gasteiger partial charge in [-0.05, 0) is 42.8 Å². The predicted molar refractivity (Wildman–Crippen MR) is 95.7 cm³/mol. The van der Waals surface area contributed by atoms with Crippen LogP contribution in [0.25, 0.3) is 0 Å². The molecule has 0 saturated carbocycles. The molecule has 0 spiro atoms. The van der Waals surface area contributed by atoms with Crippen LogP contribution >= 0.6 is 11.6 Å². The monoisotopic (exact) mass is 367 g/mol.